The van der Waals surface area contributed by atoms with Gasteiger partial charge in [-0.15, -0.1) is 0 Å². The number of benzene rings is 1. The second-order valence-electron chi connectivity index (χ2n) is 2.96. The van der Waals surface area contributed by atoms with Crippen LogP contribution >= 0.6 is 0 Å². The maximum atomic E-state index is 10.3. The number of aromatic hydroxyl groups is 2. The van der Waals surface area contributed by atoms with Crippen molar-refractivity contribution in [2.45, 2.75) is 0 Å². The second-order valence-corrected chi connectivity index (χ2v) is 2.96. The Morgan fingerprint density at radius 2 is 1.00 bits per heavy atom. The van der Waals surface area contributed by atoms with Crippen molar-refractivity contribution in [2.24, 2.45) is 0 Å². The molecule has 0 fully saturated rings. The van der Waals surface area contributed by atoms with E-state index in [1.807, 2.05) is 0 Å². The van der Waals surface area contributed by atoms with Gasteiger partial charge in [-0.2, -0.15) is 0 Å². The third-order valence-corrected chi connectivity index (χ3v) is 1.71. The molecule has 0 heterocycles. The van der Waals surface area contributed by atoms with Crippen molar-refractivity contribution in [3.05, 3.63) is 48.6 Å². The molecule has 0 radical (unpaired) electrons. The summed E-state index contributed by atoms with van der Waals surface area (Å²) in [6.45, 7) is 0. The molecule has 2 rings (SSSR count). The number of phenols is 2. The van der Waals surface area contributed by atoms with Gasteiger partial charge < -0.3 is 10.2 Å². The molecule has 0 amide bonds. The lowest BCUT2D eigenvalue weighted by Gasteiger charge is -1.91. The van der Waals surface area contributed by atoms with Gasteiger partial charge in [0.1, 0.15) is 0 Å². The van der Waals surface area contributed by atoms with Crippen molar-refractivity contribution in [3.8, 4) is 11.5 Å². The van der Waals surface area contributed by atoms with Crippen LogP contribution in [0.4, 0.5) is 0 Å². The quantitative estimate of drug-likeness (QED) is 0.509. The fraction of sp³-hybridized carbons (Fsp3) is 0. The van der Waals surface area contributed by atoms with E-state index in [1.54, 1.807) is 12.1 Å². The molecule has 0 unspecified atom stereocenters. The van der Waals surface area contributed by atoms with Crippen LogP contribution in [0.5, 0.6) is 11.5 Å². The minimum Gasteiger partial charge on any atom is -0.504 e. The second kappa shape index (κ2) is 5.50. The highest BCUT2D eigenvalue weighted by atomic mass is 16.3. The van der Waals surface area contributed by atoms with Gasteiger partial charge in [-0.25, -0.2) is 0 Å². The normalized spacial score (nSPS) is 13.2. The Kier molecular flexibility index (Phi) is 4.03. The highest BCUT2D eigenvalue weighted by molar-refractivity contribution is 6.14. The predicted octanol–water partition coefficient (Wildman–Crippen LogP) is 1.35. The van der Waals surface area contributed by atoms with Crippen molar-refractivity contribution in [1.29, 1.82) is 0 Å². The number of carbonyl (C=O) groups excluding carboxylic acids is 2. The van der Waals surface area contributed by atoms with Crippen LogP contribution in [0.15, 0.2) is 48.6 Å². The fourth-order valence-corrected chi connectivity index (χ4v) is 0.904. The number of phenolic OH excluding ortho intramolecular Hbond substituents is 2. The van der Waals surface area contributed by atoms with Crippen LogP contribution in [-0.2, 0) is 9.59 Å². The van der Waals surface area contributed by atoms with Gasteiger partial charge in [0.25, 0.3) is 0 Å². The van der Waals surface area contributed by atoms with E-state index >= 15 is 0 Å². The Morgan fingerprint density at radius 1 is 0.688 bits per heavy atom. The summed E-state index contributed by atoms with van der Waals surface area (Å²) in [7, 11) is 0. The molecule has 16 heavy (non-hydrogen) atoms. The molecule has 0 saturated heterocycles. The Labute approximate surface area is 92.2 Å². The summed E-state index contributed by atoms with van der Waals surface area (Å²) in [6, 6.07) is 6.15. The van der Waals surface area contributed by atoms with Crippen molar-refractivity contribution < 1.29 is 19.8 Å². The Hall–Kier alpha value is -2.36. The third-order valence-electron chi connectivity index (χ3n) is 1.71. The molecule has 82 valence electrons. The average Bonchev–Trinajstić information content (AvgIpc) is 2.28. The zero-order chi connectivity index (χ0) is 12.0. The van der Waals surface area contributed by atoms with Crippen LogP contribution in [0.25, 0.3) is 0 Å². The van der Waals surface area contributed by atoms with Gasteiger partial charge >= 0.3 is 0 Å². The smallest absolute Gasteiger partial charge is 0.178 e. The monoisotopic (exact) mass is 218 g/mol. The molecule has 0 aliphatic heterocycles. The minimum absolute atomic E-state index is 0.0764. The topological polar surface area (TPSA) is 74.6 Å². The lowest BCUT2D eigenvalue weighted by atomic mass is 10.2. The molecule has 0 spiro atoms. The molecule has 0 aromatic heterocycles. The Morgan fingerprint density at radius 3 is 1.25 bits per heavy atom. The minimum atomic E-state index is -0.121. The maximum absolute atomic E-state index is 10.3. The van der Waals surface area contributed by atoms with E-state index in [2.05, 4.69) is 0 Å². The number of rotatable bonds is 0. The van der Waals surface area contributed by atoms with Crippen LogP contribution in [0.1, 0.15) is 0 Å². The van der Waals surface area contributed by atoms with E-state index in [0.29, 0.717) is 0 Å². The van der Waals surface area contributed by atoms with Gasteiger partial charge in [0.15, 0.2) is 23.1 Å². The van der Waals surface area contributed by atoms with Gasteiger partial charge in [-0.1, -0.05) is 12.1 Å². The highest BCUT2D eigenvalue weighted by Crippen LogP contribution is 2.21. The van der Waals surface area contributed by atoms with Crippen LogP contribution < -0.4 is 0 Å². The molecular formula is C12H10O4. The van der Waals surface area contributed by atoms with E-state index in [9.17, 15) is 9.59 Å². The zero-order valence-corrected chi connectivity index (χ0v) is 8.33. The molecule has 0 saturated carbocycles. The summed E-state index contributed by atoms with van der Waals surface area (Å²) >= 11 is 0. The van der Waals surface area contributed by atoms with Gasteiger partial charge in [-0.05, 0) is 36.4 Å². The van der Waals surface area contributed by atoms with Crippen molar-refractivity contribution in [2.75, 3.05) is 0 Å². The van der Waals surface area contributed by atoms with Crippen LogP contribution in [-0.4, -0.2) is 21.8 Å². The van der Waals surface area contributed by atoms with E-state index < -0.39 is 0 Å². The van der Waals surface area contributed by atoms with Crippen molar-refractivity contribution >= 4 is 11.6 Å². The molecule has 0 atom stereocenters. The lowest BCUT2D eigenvalue weighted by Crippen LogP contribution is -1.97. The summed E-state index contributed by atoms with van der Waals surface area (Å²) < 4.78 is 0. The first-order valence-electron chi connectivity index (χ1n) is 4.50. The van der Waals surface area contributed by atoms with Gasteiger partial charge in [0.05, 0.1) is 0 Å². The predicted molar refractivity (Wildman–Crippen MR) is 58.1 cm³/mol. The molecule has 2 N–H and O–H groups in total. The van der Waals surface area contributed by atoms with Gasteiger partial charge in [0, 0.05) is 0 Å². The number of carbonyl (C=O) groups is 2. The summed E-state index contributed by atoms with van der Waals surface area (Å²) in [6.07, 6.45) is 5.01. The first-order valence-corrected chi connectivity index (χ1v) is 4.50. The molecule has 4 nitrogen and oxygen atoms in total. The number of ketones is 2. The number of allylic oxidation sites excluding steroid dienone is 4. The zero-order valence-electron chi connectivity index (χ0n) is 8.33. The summed E-state index contributed by atoms with van der Waals surface area (Å²) in [5, 5.41) is 17.3. The van der Waals surface area contributed by atoms with Crippen LogP contribution in [0.3, 0.4) is 0 Å². The first-order chi connectivity index (χ1) is 7.59. The number of hydrogen-bond donors (Lipinski definition) is 2. The van der Waals surface area contributed by atoms with Crippen LogP contribution in [0.2, 0.25) is 0 Å². The standard InChI is InChI=1S/C6H4O2.C6H6O2/c7-5-1-2-6(8)4-3-5;7-5-3-1-2-4-6(5)8/h1-4H;1-4,7-8H. The fourth-order valence-electron chi connectivity index (χ4n) is 0.904. The van der Waals surface area contributed by atoms with E-state index in [0.717, 1.165) is 0 Å². The number of para-hydroxylation sites is 2. The third kappa shape index (κ3) is 3.79. The van der Waals surface area contributed by atoms with E-state index in [4.69, 9.17) is 10.2 Å². The number of hydrogen-bond acceptors (Lipinski definition) is 4. The SMILES string of the molecule is O=C1C=CC(=O)C=C1.Oc1ccccc1O. The summed E-state index contributed by atoms with van der Waals surface area (Å²) in [4.78, 5) is 20.6. The Balaban J connectivity index is 0.000000160. The highest BCUT2D eigenvalue weighted by Gasteiger charge is 1.97. The van der Waals surface area contributed by atoms with Gasteiger partial charge in [-0.3, -0.25) is 9.59 Å². The summed E-state index contributed by atoms with van der Waals surface area (Å²) in [5.41, 5.74) is 0. The Bertz CT molecular complexity index is 399. The van der Waals surface area contributed by atoms with Crippen molar-refractivity contribution in [1.82, 2.24) is 0 Å². The lowest BCUT2D eigenvalue weighted by molar-refractivity contribution is -0.113. The molecular weight excluding hydrogens is 208 g/mol. The van der Waals surface area contributed by atoms with Gasteiger partial charge in [0.2, 0.25) is 0 Å². The average molecular weight is 218 g/mol. The summed E-state index contributed by atoms with van der Waals surface area (Å²) in [5.74, 6) is -0.394. The van der Waals surface area contributed by atoms with Crippen LogP contribution in [0, 0.1) is 0 Å². The molecule has 1 aliphatic carbocycles. The largest absolute Gasteiger partial charge is 0.504 e. The molecule has 4 heteroatoms. The maximum Gasteiger partial charge on any atom is 0.178 e. The van der Waals surface area contributed by atoms with E-state index in [-0.39, 0.29) is 23.1 Å². The first kappa shape index (κ1) is 11.7. The van der Waals surface area contributed by atoms with E-state index in [1.165, 1.54) is 36.4 Å². The van der Waals surface area contributed by atoms with Crippen molar-refractivity contribution in [3.63, 3.8) is 0 Å². The molecule has 1 aliphatic rings. The molecule has 0 bridgehead atoms. The molecule has 1 aromatic rings. The molecule has 1 aromatic carbocycles.